The van der Waals surface area contributed by atoms with Gasteiger partial charge in [-0.2, -0.15) is 13.7 Å². The lowest BCUT2D eigenvalue weighted by atomic mass is 9.82. The molecule has 0 atom stereocenters. The predicted molar refractivity (Wildman–Crippen MR) is 448 cm³/mol. The molecule has 7 heterocycles. The summed E-state index contributed by atoms with van der Waals surface area (Å²) in [6, 6.07) is 48.8. The van der Waals surface area contributed by atoms with Gasteiger partial charge in [0.25, 0.3) is 17.5 Å². The minimum atomic E-state index is -1.16. The molecular weight excluding hydrogens is 1450 g/mol. The van der Waals surface area contributed by atoms with Crippen LogP contribution in [-0.4, -0.2) is 106 Å². The number of carboxylic acid groups (broad SMARTS) is 2. The number of rotatable bonds is 20. The summed E-state index contributed by atoms with van der Waals surface area (Å²) in [6.45, 7) is 18.8. The summed E-state index contributed by atoms with van der Waals surface area (Å²) in [5, 5.41) is 41.7. The second kappa shape index (κ2) is 29.8. The number of likely N-dealkylation sites (N-methyl/N-ethyl adjacent to an activating group) is 2. The van der Waals surface area contributed by atoms with E-state index in [0.29, 0.717) is 90.9 Å². The predicted octanol–water partition coefficient (Wildman–Crippen LogP) is 13.8. The quantitative estimate of drug-likeness (QED) is 0.0354. The summed E-state index contributed by atoms with van der Waals surface area (Å²) in [5.41, 5.74) is 13.2. The van der Waals surface area contributed by atoms with E-state index in [1.165, 1.54) is 36.0 Å². The number of carbonyl (C=O) groups is 4. The lowest BCUT2D eigenvalue weighted by Crippen LogP contribution is -2.49. The monoisotopic (exact) mass is 1540 g/mol. The van der Waals surface area contributed by atoms with Gasteiger partial charge < -0.3 is 54.7 Å². The lowest BCUT2D eigenvalue weighted by Gasteiger charge is -2.43. The topological polar surface area (TPSA) is 220 Å². The molecule has 21 heteroatoms. The number of allylic oxidation sites excluding steroid dienone is 2. The Morgan fingerprint density at radius 2 is 1.14 bits per heavy atom. The molecule has 2 amide bonds. The first-order valence-corrected chi connectivity index (χ1v) is 38.7. The molecule has 7 aromatic carbocycles. The fraction of sp³-hybridized carbons (Fsp3) is 0.215. The number of nitrogens with one attached hydrogen (secondary N) is 2. The van der Waals surface area contributed by atoms with Crippen LogP contribution in [0.4, 0.5) is 22.7 Å². The number of benzene rings is 8. The first-order chi connectivity index (χ1) is 54.5. The molecule has 574 valence electrons. The van der Waals surface area contributed by atoms with Crippen molar-refractivity contribution in [3.63, 3.8) is 0 Å². The number of hydrogen-bond donors (Lipinski definition) is 5. The number of aromatic hydroxyl groups is 1. The minimum absolute atomic E-state index is 0.0277. The summed E-state index contributed by atoms with van der Waals surface area (Å²) in [5.74, 6) is -1.98. The van der Waals surface area contributed by atoms with Gasteiger partial charge in [-0.1, -0.05) is 48.2 Å². The second-order valence-corrected chi connectivity index (χ2v) is 31.9. The molecule has 0 unspecified atom stereocenters. The summed E-state index contributed by atoms with van der Waals surface area (Å²) in [6.07, 6.45) is 16.4. The Balaban J connectivity index is 0.846. The second-order valence-electron chi connectivity index (χ2n) is 30.8. The van der Waals surface area contributed by atoms with Crippen molar-refractivity contribution in [3.8, 4) is 56.8 Å². The Kier molecular flexibility index (Phi) is 20.0. The largest absolute Gasteiger partial charge is 0.508 e. The molecule has 0 bridgehead atoms. The maximum absolute atomic E-state index is 15.7. The Morgan fingerprint density at radius 3 is 1.73 bits per heavy atom. The molecule has 20 nitrogen and oxygen atoms in total. The Morgan fingerprint density at radius 1 is 0.561 bits per heavy atom. The molecule has 0 radical (unpaired) electrons. The Bertz CT molecular complexity index is 6210. The van der Waals surface area contributed by atoms with Gasteiger partial charge in [-0.25, -0.2) is 14.2 Å². The number of aromatic carboxylic acids is 2. The first-order valence-electron chi connectivity index (χ1n) is 37.9. The SMILES string of the molecule is CCN1c2cc3c(cc2C(C)=CC1(C)C)C(c1c(C(=O)O)c(-[n+]2ccc(N(C)C)cc2)c(-[n+]2ccc(N(C)C)cc2)c(Sc2ccc(C(=O)NCc4ccc(C(=O)NCc5c6oc7cc(O)ccc7c(-c7ccccc7C(=O)O)c-6ccc5=O)cc4)cc2)c1-[n+]1ccc(N(C)C)cc1)=c1cc2c(cc1O3)=[N+](CC)C(C)(C)C=C2C. The highest BCUT2D eigenvalue weighted by Crippen LogP contribution is 2.51. The van der Waals surface area contributed by atoms with Crippen LogP contribution in [0, 0.1) is 0 Å². The van der Waals surface area contributed by atoms with Gasteiger partial charge in [0.1, 0.15) is 35.1 Å². The standard InChI is InChI=1S/C93H86N10O10S/c1-15-102-73-48-77-70(46-68(73)54(3)50-92(102,5)6)80(71-47-69-55(4)51-93(7,8)103(16-2)74(69)49-78(71)112-77)81-82(91(110)111)83(99-39-33-59(34-40-99)96(9)10)85(101-43-37-61(38-44-101)98(13)14)87(84(81)100-41-35-60(36-42-100)97(11)12)114-63-28-25-58(26-29-63)88(106)94-52-56-21-23-57(24-22-56)89(107)95-53-72-75(105)32-31-67-79(64-19-17-18-20-65(64)90(108)109)66-30-27-62(104)45-76(66)113-86(67)72/h17-51H,15-16,52-53H2,1-14H3,(H-4,94,95,104,105,106,107,108,109,110,111)/p+4. The van der Waals surface area contributed by atoms with E-state index in [2.05, 4.69) is 112 Å². The van der Waals surface area contributed by atoms with Crippen molar-refractivity contribution < 1.29 is 57.4 Å². The molecule has 0 saturated carbocycles. The molecule has 1 aliphatic carbocycles. The summed E-state index contributed by atoms with van der Waals surface area (Å²) in [4.78, 5) is 80.2. The molecule has 114 heavy (non-hydrogen) atoms. The van der Waals surface area contributed by atoms with Crippen molar-refractivity contribution in [1.82, 2.24) is 15.2 Å². The van der Waals surface area contributed by atoms with Crippen LogP contribution in [0.15, 0.2) is 232 Å². The van der Waals surface area contributed by atoms with Crippen LogP contribution in [0.3, 0.4) is 0 Å². The van der Waals surface area contributed by atoms with E-state index < -0.39 is 23.3 Å². The highest BCUT2D eigenvalue weighted by atomic mass is 32.2. The van der Waals surface area contributed by atoms with Gasteiger partial charge in [0.05, 0.1) is 34.8 Å². The highest BCUT2D eigenvalue weighted by molar-refractivity contribution is 7.99. The minimum Gasteiger partial charge on any atom is -0.508 e. The number of anilines is 4. The first kappa shape index (κ1) is 76.2. The summed E-state index contributed by atoms with van der Waals surface area (Å²) in [7, 11) is 11.9. The molecule has 0 saturated heterocycles. The van der Waals surface area contributed by atoms with Crippen LogP contribution in [0.5, 0.6) is 17.2 Å². The number of carbonyl (C=O) groups excluding carboxylic acids is 2. The fourth-order valence-electron chi connectivity index (χ4n) is 16.5. The third-order valence-electron chi connectivity index (χ3n) is 21.9. The van der Waals surface area contributed by atoms with Crippen molar-refractivity contribution in [1.29, 1.82) is 0 Å². The maximum Gasteiger partial charge on any atom is 0.343 e. The number of phenolic OH excluding ortho intramolecular Hbond substituents is 1. The van der Waals surface area contributed by atoms with Crippen LogP contribution in [0.2, 0.25) is 0 Å². The van der Waals surface area contributed by atoms with Gasteiger partial charge in [-0.05, 0) is 149 Å². The van der Waals surface area contributed by atoms with Gasteiger partial charge in [-0.15, -0.1) is 0 Å². The van der Waals surface area contributed by atoms with Gasteiger partial charge in [0, 0.05) is 201 Å². The third-order valence-corrected chi connectivity index (χ3v) is 23.0. The van der Waals surface area contributed by atoms with Crippen LogP contribution < -0.4 is 69.3 Å². The van der Waals surface area contributed by atoms with Crippen molar-refractivity contribution in [2.75, 3.05) is 75.0 Å². The average molecular weight is 1540 g/mol. The number of ether oxygens (including phenoxy) is 1. The molecular formula is C93H90N10O10S+4. The van der Waals surface area contributed by atoms with Crippen LogP contribution >= 0.6 is 11.8 Å². The van der Waals surface area contributed by atoms with Crippen molar-refractivity contribution in [2.45, 2.75) is 89.3 Å². The van der Waals surface area contributed by atoms with E-state index in [1.807, 2.05) is 156 Å². The van der Waals surface area contributed by atoms with E-state index in [1.54, 1.807) is 66.7 Å². The number of pyridine rings is 3. The number of phenols is 1. The van der Waals surface area contributed by atoms with Crippen LogP contribution in [0.1, 0.15) is 130 Å². The van der Waals surface area contributed by atoms with Crippen LogP contribution in [-0.2, 0) is 13.1 Å². The molecule has 5 aliphatic rings. The number of fused-ring (bicyclic) bond motifs is 6. The lowest BCUT2D eigenvalue weighted by molar-refractivity contribution is -0.637. The third kappa shape index (κ3) is 13.8. The van der Waals surface area contributed by atoms with Gasteiger partial charge in [-0.3, -0.25) is 14.4 Å². The average Bonchev–Trinajstić information content (AvgIpc) is 0.699. The fourth-order valence-corrected chi connectivity index (χ4v) is 17.6. The van der Waals surface area contributed by atoms with E-state index in [-0.39, 0.29) is 69.4 Å². The van der Waals surface area contributed by atoms with Crippen molar-refractivity contribution in [3.05, 3.63) is 290 Å². The molecule has 3 aromatic heterocycles. The van der Waals surface area contributed by atoms with Crippen molar-refractivity contribution in [2.24, 2.45) is 0 Å². The number of nitrogens with zero attached hydrogens (tertiary/aromatic N) is 8. The Labute approximate surface area is 665 Å². The van der Waals surface area contributed by atoms with Gasteiger partial charge in [0.15, 0.2) is 58.6 Å². The van der Waals surface area contributed by atoms with E-state index in [9.17, 15) is 34.5 Å². The number of hydrogen-bond acceptors (Lipinski definition) is 13. The van der Waals surface area contributed by atoms with E-state index in [0.717, 1.165) is 66.1 Å². The molecule has 0 fully saturated rings. The summed E-state index contributed by atoms with van der Waals surface area (Å²) < 4.78 is 22.1. The molecule has 10 aromatic rings. The highest BCUT2D eigenvalue weighted by Gasteiger charge is 2.47. The zero-order chi connectivity index (χ0) is 80.7. The molecule has 4 aliphatic heterocycles. The van der Waals surface area contributed by atoms with E-state index in [4.69, 9.17) is 9.15 Å². The Hall–Kier alpha value is -13.1. The number of aromatic nitrogens is 3. The molecule has 0 spiro atoms. The van der Waals surface area contributed by atoms with Gasteiger partial charge >= 0.3 is 17.6 Å². The normalized spacial score (nSPS) is 13.7. The summed E-state index contributed by atoms with van der Waals surface area (Å²) >= 11 is 1.46. The van der Waals surface area contributed by atoms with Gasteiger partial charge in [0.2, 0.25) is 11.0 Å². The molecule has 15 rings (SSSR count). The zero-order valence-electron chi connectivity index (χ0n) is 66.2. The number of carboxylic acids is 2. The molecule has 5 N–H and O–H groups in total. The number of amides is 2. The van der Waals surface area contributed by atoms with Crippen molar-refractivity contribution >= 4 is 86.0 Å². The van der Waals surface area contributed by atoms with E-state index >= 15 is 4.79 Å². The maximum atomic E-state index is 15.7. The van der Waals surface area contributed by atoms with Crippen LogP contribution in [0.25, 0.3) is 67.2 Å². The zero-order valence-corrected chi connectivity index (χ0v) is 67.0. The smallest absolute Gasteiger partial charge is 0.343 e.